The molecule has 0 bridgehead atoms. The van der Waals surface area contributed by atoms with Gasteiger partial charge in [-0.25, -0.2) is 4.39 Å². The zero-order valence-electron chi connectivity index (χ0n) is 10.5. The number of nitrogens with one attached hydrogen (secondary N) is 1. The van der Waals surface area contributed by atoms with Crippen LogP contribution >= 0.6 is 23.1 Å². The Morgan fingerprint density at radius 1 is 1.37 bits per heavy atom. The van der Waals surface area contributed by atoms with Crippen LogP contribution in [0, 0.1) is 5.82 Å². The molecule has 1 atom stereocenters. The molecule has 2 aromatic rings. The zero-order chi connectivity index (χ0) is 13.5. The van der Waals surface area contributed by atoms with Crippen LogP contribution < -0.4 is 11.3 Å². The standard InChI is InChI=1S/C14H17FN2S2/c15-12-2-1-3-14(8-12)19-10-13(17-16)5-4-11-6-7-18-9-11/h1-3,6-9,13,17H,4-5,10,16H2. The molecule has 19 heavy (non-hydrogen) atoms. The van der Waals surface area contributed by atoms with E-state index in [0.29, 0.717) is 0 Å². The number of hydrogen-bond donors (Lipinski definition) is 2. The van der Waals surface area contributed by atoms with E-state index in [4.69, 9.17) is 5.84 Å². The van der Waals surface area contributed by atoms with Crippen LogP contribution in [0.4, 0.5) is 4.39 Å². The lowest BCUT2D eigenvalue weighted by molar-refractivity contribution is 0.539. The molecule has 3 N–H and O–H groups in total. The topological polar surface area (TPSA) is 38.0 Å². The second-order valence-electron chi connectivity index (χ2n) is 4.30. The molecule has 0 aliphatic heterocycles. The average molecular weight is 296 g/mol. The number of nitrogens with two attached hydrogens (primary N) is 1. The Balaban J connectivity index is 1.79. The Morgan fingerprint density at radius 2 is 2.26 bits per heavy atom. The minimum Gasteiger partial charge on any atom is -0.271 e. The normalized spacial score (nSPS) is 12.5. The first-order valence-electron chi connectivity index (χ1n) is 6.13. The highest BCUT2D eigenvalue weighted by Gasteiger charge is 2.08. The van der Waals surface area contributed by atoms with Crippen LogP contribution in [0.5, 0.6) is 0 Å². The van der Waals surface area contributed by atoms with E-state index in [1.807, 2.05) is 6.07 Å². The van der Waals surface area contributed by atoms with Crippen LogP contribution in [0.3, 0.4) is 0 Å². The molecule has 1 unspecified atom stereocenters. The third-order valence-electron chi connectivity index (χ3n) is 2.84. The summed E-state index contributed by atoms with van der Waals surface area (Å²) >= 11 is 3.34. The maximum absolute atomic E-state index is 13.1. The average Bonchev–Trinajstić information content (AvgIpc) is 2.92. The molecule has 1 aromatic carbocycles. The number of benzene rings is 1. The van der Waals surface area contributed by atoms with Crippen LogP contribution in [0.1, 0.15) is 12.0 Å². The van der Waals surface area contributed by atoms with Crippen LogP contribution in [0.2, 0.25) is 0 Å². The summed E-state index contributed by atoms with van der Waals surface area (Å²) in [7, 11) is 0. The first kappa shape index (κ1) is 14.5. The van der Waals surface area contributed by atoms with E-state index < -0.39 is 0 Å². The minimum atomic E-state index is -0.194. The lowest BCUT2D eigenvalue weighted by Crippen LogP contribution is -2.37. The van der Waals surface area contributed by atoms with Crippen molar-refractivity contribution in [3.8, 4) is 0 Å². The van der Waals surface area contributed by atoms with Gasteiger partial charge in [0.1, 0.15) is 5.82 Å². The van der Waals surface area contributed by atoms with Crippen LogP contribution in [0.15, 0.2) is 46.0 Å². The largest absolute Gasteiger partial charge is 0.271 e. The molecule has 0 spiro atoms. The summed E-state index contributed by atoms with van der Waals surface area (Å²) in [6.07, 6.45) is 2.00. The second-order valence-corrected chi connectivity index (χ2v) is 6.18. The van der Waals surface area contributed by atoms with Crippen LogP contribution in [0.25, 0.3) is 0 Å². The van der Waals surface area contributed by atoms with E-state index in [9.17, 15) is 4.39 Å². The van der Waals surface area contributed by atoms with E-state index in [0.717, 1.165) is 23.5 Å². The fourth-order valence-corrected chi connectivity index (χ4v) is 3.47. The molecule has 0 amide bonds. The van der Waals surface area contributed by atoms with Gasteiger partial charge in [0.15, 0.2) is 0 Å². The number of aryl methyl sites for hydroxylation is 1. The van der Waals surface area contributed by atoms with Gasteiger partial charge in [0.25, 0.3) is 0 Å². The number of thiophene rings is 1. The fourth-order valence-electron chi connectivity index (χ4n) is 1.74. The predicted octanol–water partition coefficient (Wildman–Crippen LogP) is 3.44. The van der Waals surface area contributed by atoms with Gasteiger partial charge in [-0.2, -0.15) is 11.3 Å². The fraction of sp³-hybridized carbons (Fsp3) is 0.286. The van der Waals surface area contributed by atoms with Gasteiger partial charge in [0, 0.05) is 16.7 Å². The Morgan fingerprint density at radius 3 is 2.95 bits per heavy atom. The van der Waals surface area contributed by atoms with E-state index in [1.165, 1.54) is 11.6 Å². The van der Waals surface area contributed by atoms with Crippen molar-refractivity contribution >= 4 is 23.1 Å². The number of hydrazine groups is 1. The monoisotopic (exact) mass is 296 g/mol. The third kappa shape index (κ3) is 4.95. The SMILES string of the molecule is NNC(CCc1ccsc1)CSc1cccc(F)c1. The van der Waals surface area contributed by atoms with Crippen molar-refractivity contribution in [2.45, 2.75) is 23.8 Å². The van der Waals surface area contributed by atoms with Gasteiger partial charge >= 0.3 is 0 Å². The van der Waals surface area contributed by atoms with Crippen molar-refractivity contribution in [3.63, 3.8) is 0 Å². The van der Waals surface area contributed by atoms with Gasteiger partial charge in [-0.15, -0.1) is 11.8 Å². The Kier molecular flexibility index (Phi) is 5.85. The highest BCUT2D eigenvalue weighted by atomic mass is 32.2. The van der Waals surface area contributed by atoms with Gasteiger partial charge < -0.3 is 0 Å². The highest BCUT2D eigenvalue weighted by molar-refractivity contribution is 7.99. The molecule has 0 radical (unpaired) electrons. The maximum Gasteiger partial charge on any atom is 0.124 e. The lowest BCUT2D eigenvalue weighted by atomic mass is 10.1. The molecule has 1 heterocycles. The highest BCUT2D eigenvalue weighted by Crippen LogP contribution is 2.20. The second kappa shape index (κ2) is 7.65. The van der Waals surface area contributed by atoms with Crippen LogP contribution in [-0.2, 0) is 6.42 Å². The first-order valence-corrected chi connectivity index (χ1v) is 8.06. The molecule has 0 aliphatic carbocycles. The number of thioether (sulfide) groups is 1. The Hall–Kier alpha value is -0.880. The Labute approximate surface area is 121 Å². The summed E-state index contributed by atoms with van der Waals surface area (Å²) in [6.45, 7) is 0. The van der Waals surface area contributed by atoms with Crippen molar-refractivity contribution < 1.29 is 4.39 Å². The van der Waals surface area contributed by atoms with E-state index in [2.05, 4.69) is 22.3 Å². The van der Waals surface area contributed by atoms with Gasteiger partial charge in [-0.1, -0.05) is 6.07 Å². The summed E-state index contributed by atoms with van der Waals surface area (Å²) in [6, 6.07) is 9.02. The molecule has 0 aliphatic rings. The van der Waals surface area contributed by atoms with E-state index >= 15 is 0 Å². The van der Waals surface area contributed by atoms with Crippen molar-refractivity contribution in [1.82, 2.24) is 5.43 Å². The van der Waals surface area contributed by atoms with E-state index in [-0.39, 0.29) is 11.9 Å². The first-order chi connectivity index (χ1) is 9.28. The summed E-state index contributed by atoms with van der Waals surface area (Å²) in [5.41, 5.74) is 4.19. The van der Waals surface area contributed by atoms with E-state index in [1.54, 1.807) is 35.2 Å². The third-order valence-corrected chi connectivity index (χ3v) is 4.73. The molecule has 5 heteroatoms. The van der Waals surface area contributed by atoms with Crippen molar-refractivity contribution in [1.29, 1.82) is 0 Å². The summed E-state index contributed by atoms with van der Waals surface area (Å²) in [4.78, 5) is 0.941. The van der Waals surface area contributed by atoms with Crippen molar-refractivity contribution in [2.24, 2.45) is 5.84 Å². The quantitative estimate of drug-likeness (QED) is 0.467. The smallest absolute Gasteiger partial charge is 0.124 e. The predicted molar refractivity (Wildman–Crippen MR) is 80.9 cm³/mol. The molecule has 0 saturated heterocycles. The van der Waals surface area contributed by atoms with Gasteiger partial charge in [0.05, 0.1) is 0 Å². The van der Waals surface area contributed by atoms with Gasteiger partial charge in [-0.05, 0) is 53.4 Å². The van der Waals surface area contributed by atoms with Crippen LogP contribution in [-0.4, -0.2) is 11.8 Å². The number of halogens is 1. The summed E-state index contributed by atoms with van der Waals surface area (Å²) in [5, 5.41) is 4.25. The van der Waals surface area contributed by atoms with Gasteiger partial charge in [-0.3, -0.25) is 11.3 Å². The number of hydrogen-bond acceptors (Lipinski definition) is 4. The molecule has 1 aromatic heterocycles. The lowest BCUT2D eigenvalue weighted by Gasteiger charge is -2.15. The molecule has 2 nitrogen and oxygen atoms in total. The zero-order valence-corrected chi connectivity index (χ0v) is 12.1. The molecular weight excluding hydrogens is 279 g/mol. The summed E-state index contributed by atoms with van der Waals surface area (Å²) in [5.74, 6) is 6.21. The molecular formula is C14H17FN2S2. The number of rotatable bonds is 7. The summed E-state index contributed by atoms with van der Waals surface area (Å²) < 4.78 is 13.1. The molecule has 2 rings (SSSR count). The molecule has 0 fully saturated rings. The van der Waals surface area contributed by atoms with Gasteiger partial charge in [0.2, 0.25) is 0 Å². The minimum absolute atomic E-state index is 0.194. The van der Waals surface area contributed by atoms with Crippen molar-refractivity contribution in [3.05, 3.63) is 52.5 Å². The molecule has 102 valence electrons. The molecule has 0 saturated carbocycles. The Bertz CT molecular complexity index is 488. The maximum atomic E-state index is 13.1. The van der Waals surface area contributed by atoms with Crippen molar-refractivity contribution in [2.75, 3.05) is 5.75 Å².